The highest BCUT2D eigenvalue weighted by molar-refractivity contribution is 6.18. The van der Waals surface area contributed by atoms with Crippen LogP contribution in [0, 0.1) is 0 Å². The van der Waals surface area contributed by atoms with Gasteiger partial charge in [-0.1, -0.05) is 0 Å². The summed E-state index contributed by atoms with van der Waals surface area (Å²) in [5.74, 6) is 0.0520. The average Bonchev–Trinajstić information content (AvgIpc) is 2.29. The van der Waals surface area contributed by atoms with Gasteiger partial charge in [0.25, 0.3) is 0 Å². The molecule has 0 fully saturated rings. The minimum Gasteiger partial charge on any atom is -0.397 e. The number of carbonyl (C=O) groups excluding carboxylic acids is 1. The summed E-state index contributed by atoms with van der Waals surface area (Å²) in [5.41, 5.74) is 8.78. The minimum absolute atomic E-state index is 0.0629. The second kappa shape index (κ2) is 6.95. The summed E-state index contributed by atoms with van der Waals surface area (Å²) in [5, 5.41) is 11.3. The first-order valence-electron chi connectivity index (χ1n) is 4.90. The maximum absolute atomic E-state index is 11.4. The summed E-state index contributed by atoms with van der Waals surface area (Å²) in [6.07, 6.45) is 0. The molecule has 0 heterocycles. The topological polar surface area (TPSA) is 96.6 Å². The number of halogens is 1. The van der Waals surface area contributed by atoms with E-state index in [1.165, 1.54) is 6.07 Å². The number of amides is 1. The van der Waals surface area contributed by atoms with Gasteiger partial charge in [-0.2, -0.15) is 0 Å². The van der Waals surface area contributed by atoms with Crippen LogP contribution in [0.15, 0.2) is 18.2 Å². The zero-order chi connectivity index (χ0) is 12.7. The van der Waals surface area contributed by atoms with Crippen LogP contribution < -0.4 is 16.5 Å². The molecule has 94 valence electrons. The summed E-state index contributed by atoms with van der Waals surface area (Å²) in [7, 11) is 0. The lowest BCUT2D eigenvalue weighted by Crippen LogP contribution is -2.19. The van der Waals surface area contributed by atoms with Crippen molar-refractivity contribution in [1.29, 1.82) is 0 Å². The summed E-state index contributed by atoms with van der Waals surface area (Å²) < 4.78 is 4.96. The number of ether oxygens (including phenoxy) is 1. The van der Waals surface area contributed by atoms with Gasteiger partial charge < -0.3 is 15.8 Å². The minimum atomic E-state index is -0.292. The number of nitrogens with two attached hydrogens (primary N) is 1. The largest absolute Gasteiger partial charge is 0.397 e. The average molecular weight is 260 g/mol. The number of benzene rings is 1. The quantitative estimate of drug-likeness (QED) is 0.267. The molecule has 17 heavy (non-hydrogen) atoms. The fourth-order valence-electron chi connectivity index (χ4n) is 1.16. The van der Waals surface area contributed by atoms with Gasteiger partial charge in [0.05, 0.1) is 18.0 Å². The number of carbonyl (C=O) groups is 1. The zero-order valence-corrected chi connectivity index (χ0v) is 9.83. The maximum atomic E-state index is 11.4. The van der Waals surface area contributed by atoms with E-state index in [0.717, 1.165) is 0 Å². The molecule has 1 aromatic rings. The molecule has 0 saturated carbocycles. The molecule has 1 aromatic carbocycles. The van der Waals surface area contributed by atoms with E-state index in [-0.39, 0.29) is 12.5 Å². The number of hydrogen-bond acceptors (Lipinski definition) is 5. The van der Waals surface area contributed by atoms with E-state index in [2.05, 4.69) is 5.32 Å². The predicted molar refractivity (Wildman–Crippen MR) is 66.4 cm³/mol. The molecule has 1 amide bonds. The van der Waals surface area contributed by atoms with Gasteiger partial charge in [-0.05, 0) is 18.2 Å². The van der Waals surface area contributed by atoms with E-state index < -0.39 is 0 Å². The molecule has 0 aliphatic carbocycles. The van der Waals surface area contributed by atoms with Crippen LogP contribution in [-0.2, 0) is 9.53 Å². The van der Waals surface area contributed by atoms with E-state index in [0.29, 0.717) is 29.5 Å². The fourth-order valence-corrected chi connectivity index (χ4v) is 1.27. The second-order valence-electron chi connectivity index (χ2n) is 3.20. The molecular formula is C10H14ClN3O3. The Morgan fingerprint density at radius 3 is 2.88 bits per heavy atom. The molecule has 0 radical (unpaired) electrons. The van der Waals surface area contributed by atoms with Gasteiger partial charge in [-0.25, -0.2) is 0 Å². The molecule has 6 nitrogen and oxygen atoms in total. The van der Waals surface area contributed by atoms with Crippen LogP contribution in [0.2, 0.25) is 0 Å². The standard InChI is InChI=1S/C10H14ClN3O3/c11-3-4-17-6-10(15)13-7-1-2-9(14-16)8(12)5-7/h1-2,5,14,16H,3-4,6,12H2,(H,13,15). The number of hydrogen-bond donors (Lipinski definition) is 4. The Kier molecular flexibility index (Phi) is 5.55. The molecule has 0 aromatic heterocycles. The normalized spacial score (nSPS) is 10.0. The number of anilines is 3. The van der Waals surface area contributed by atoms with E-state index in [4.69, 9.17) is 27.3 Å². The predicted octanol–water partition coefficient (Wildman–Crippen LogP) is 1.26. The van der Waals surface area contributed by atoms with Crippen molar-refractivity contribution in [3.8, 4) is 0 Å². The smallest absolute Gasteiger partial charge is 0.250 e. The monoisotopic (exact) mass is 259 g/mol. The fraction of sp³-hybridized carbons (Fsp3) is 0.300. The number of rotatable bonds is 6. The molecular weight excluding hydrogens is 246 g/mol. The highest BCUT2D eigenvalue weighted by atomic mass is 35.5. The molecule has 0 unspecified atom stereocenters. The number of alkyl halides is 1. The first-order valence-corrected chi connectivity index (χ1v) is 5.44. The van der Waals surface area contributed by atoms with Crippen LogP contribution in [0.1, 0.15) is 0 Å². The van der Waals surface area contributed by atoms with Crippen molar-refractivity contribution in [2.45, 2.75) is 0 Å². The maximum Gasteiger partial charge on any atom is 0.250 e. The third-order valence-electron chi connectivity index (χ3n) is 1.91. The van der Waals surface area contributed by atoms with Crippen molar-refractivity contribution in [1.82, 2.24) is 0 Å². The van der Waals surface area contributed by atoms with Gasteiger partial charge in [0.1, 0.15) is 6.61 Å². The summed E-state index contributed by atoms with van der Waals surface area (Å²) in [4.78, 5) is 11.4. The molecule has 0 bridgehead atoms. The van der Waals surface area contributed by atoms with Crippen LogP contribution in [0.25, 0.3) is 0 Å². The lowest BCUT2D eigenvalue weighted by Gasteiger charge is -2.08. The van der Waals surface area contributed by atoms with Gasteiger partial charge in [0.2, 0.25) is 5.91 Å². The van der Waals surface area contributed by atoms with Crippen LogP contribution in [0.5, 0.6) is 0 Å². The molecule has 0 spiro atoms. The van der Waals surface area contributed by atoms with Crippen molar-refractivity contribution in [2.24, 2.45) is 0 Å². The Labute approximate surface area is 104 Å². The van der Waals surface area contributed by atoms with Crippen LogP contribution in [0.4, 0.5) is 17.1 Å². The van der Waals surface area contributed by atoms with Crippen LogP contribution in [-0.4, -0.2) is 30.2 Å². The first kappa shape index (κ1) is 13.6. The van der Waals surface area contributed by atoms with E-state index in [1.54, 1.807) is 12.1 Å². The van der Waals surface area contributed by atoms with Gasteiger partial charge >= 0.3 is 0 Å². The molecule has 0 aliphatic heterocycles. The highest BCUT2D eigenvalue weighted by Crippen LogP contribution is 2.21. The van der Waals surface area contributed by atoms with Crippen molar-refractivity contribution < 1.29 is 14.7 Å². The Morgan fingerprint density at radius 2 is 2.29 bits per heavy atom. The highest BCUT2D eigenvalue weighted by Gasteiger charge is 2.04. The Bertz CT molecular complexity index is 387. The number of nitrogens with one attached hydrogen (secondary N) is 2. The number of nitrogen functional groups attached to an aromatic ring is 1. The van der Waals surface area contributed by atoms with Crippen molar-refractivity contribution in [3.63, 3.8) is 0 Å². The van der Waals surface area contributed by atoms with Crippen LogP contribution >= 0.6 is 11.6 Å². The van der Waals surface area contributed by atoms with Crippen molar-refractivity contribution >= 4 is 34.6 Å². The van der Waals surface area contributed by atoms with Gasteiger partial charge in [-0.15, -0.1) is 11.6 Å². The van der Waals surface area contributed by atoms with Gasteiger partial charge in [0.15, 0.2) is 0 Å². The first-order chi connectivity index (χ1) is 8.17. The van der Waals surface area contributed by atoms with E-state index in [9.17, 15) is 4.79 Å². The van der Waals surface area contributed by atoms with Crippen molar-refractivity contribution in [3.05, 3.63) is 18.2 Å². The molecule has 5 N–H and O–H groups in total. The Morgan fingerprint density at radius 1 is 1.53 bits per heavy atom. The SMILES string of the molecule is Nc1cc(NC(=O)COCCCl)ccc1NO. The summed E-state index contributed by atoms with van der Waals surface area (Å²) in [6, 6.07) is 4.68. The Hall–Kier alpha value is -1.50. The third-order valence-corrected chi connectivity index (χ3v) is 2.06. The van der Waals surface area contributed by atoms with E-state index >= 15 is 0 Å². The molecule has 7 heteroatoms. The zero-order valence-electron chi connectivity index (χ0n) is 9.07. The van der Waals surface area contributed by atoms with Gasteiger partial charge in [-0.3, -0.25) is 15.5 Å². The Balaban J connectivity index is 2.51. The lowest BCUT2D eigenvalue weighted by atomic mass is 10.2. The molecule has 0 atom stereocenters. The lowest BCUT2D eigenvalue weighted by molar-refractivity contribution is -0.120. The molecule has 1 rings (SSSR count). The third kappa shape index (κ3) is 4.48. The molecule has 0 aliphatic rings. The van der Waals surface area contributed by atoms with Crippen molar-refractivity contribution in [2.75, 3.05) is 35.6 Å². The van der Waals surface area contributed by atoms with E-state index in [1.807, 2.05) is 5.48 Å². The van der Waals surface area contributed by atoms with Crippen LogP contribution in [0.3, 0.4) is 0 Å². The second-order valence-corrected chi connectivity index (χ2v) is 3.58. The summed E-state index contributed by atoms with van der Waals surface area (Å²) >= 11 is 5.40. The molecule has 0 saturated heterocycles. The summed E-state index contributed by atoms with van der Waals surface area (Å²) in [6.45, 7) is 0.261. The van der Waals surface area contributed by atoms with Gasteiger partial charge in [0, 0.05) is 11.6 Å².